The van der Waals surface area contributed by atoms with E-state index >= 15 is 0 Å². The normalized spacial score (nSPS) is 19.7. The number of nitrogens with one attached hydrogen (secondary N) is 1. The fourth-order valence-corrected chi connectivity index (χ4v) is 4.81. The number of rotatable bonds is 8. The van der Waals surface area contributed by atoms with E-state index in [1.807, 2.05) is 41.3 Å². The molecule has 2 atom stereocenters. The molecule has 7 nitrogen and oxygen atoms in total. The van der Waals surface area contributed by atoms with Gasteiger partial charge in [0.15, 0.2) is 0 Å². The lowest BCUT2D eigenvalue weighted by atomic mass is 9.95. The zero-order chi connectivity index (χ0) is 23.7. The molecule has 1 aromatic heterocycles. The number of H-pyrrole nitrogens is 1. The number of amides is 1. The van der Waals surface area contributed by atoms with E-state index < -0.39 is 0 Å². The molecular formula is C27H31N3O4. The summed E-state index contributed by atoms with van der Waals surface area (Å²) in [5.41, 5.74) is 3.38. The number of aromatic nitrogens is 2. The number of carbonyl (C=O) groups excluding carboxylic acids is 1. The molecule has 1 saturated heterocycles. The Bertz CT molecular complexity index is 1170. The molecule has 3 heterocycles. The summed E-state index contributed by atoms with van der Waals surface area (Å²) in [7, 11) is 0. The Kier molecular flexibility index (Phi) is 6.28. The number of fused-ring (bicyclic) bond motifs is 1. The van der Waals surface area contributed by atoms with Gasteiger partial charge in [-0.25, -0.2) is 0 Å². The molecular weight excluding hydrogens is 430 g/mol. The topological polar surface area (TPSA) is 87.7 Å². The summed E-state index contributed by atoms with van der Waals surface area (Å²) in [4.78, 5) is 15.4. The van der Waals surface area contributed by atoms with Crippen molar-refractivity contribution in [1.82, 2.24) is 15.1 Å². The van der Waals surface area contributed by atoms with Gasteiger partial charge in [0.05, 0.1) is 18.8 Å². The van der Waals surface area contributed by atoms with Crippen molar-refractivity contribution >= 4 is 5.91 Å². The highest BCUT2D eigenvalue weighted by Crippen LogP contribution is 2.45. The van der Waals surface area contributed by atoms with Crippen molar-refractivity contribution in [2.24, 2.45) is 5.92 Å². The molecule has 5 rings (SSSR count). The number of aromatic hydroxyl groups is 1. The molecule has 7 heteroatoms. The molecule has 0 aliphatic carbocycles. The lowest BCUT2D eigenvalue weighted by Crippen LogP contribution is -2.36. The first kappa shape index (κ1) is 22.5. The number of ether oxygens (including phenoxy) is 2. The predicted octanol–water partition coefficient (Wildman–Crippen LogP) is 4.93. The highest BCUT2D eigenvalue weighted by Gasteiger charge is 2.43. The van der Waals surface area contributed by atoms with Crippen LogP contribution >= 0.6 is 0 Å². The van der Waals surface area contributed by atoms with Crippen LogP contribution in [0.1, 0.15) is 60.8 Å². The van der Waals surface area contributed by atoms with E-state index in [1.54, 1.807) is 12.1 Å². The monoisotopic (exact) mass is 461 g/mol. The van der Waals surface area contributed by atoms with Gasteiger partial charge in [-0.05, 0) is 55.0 Å². The van der Waals surface area contributed by atoms with Crippen LogP contribution in [0, 0.1) is 5.92 Å². The molecule has 178 valence electrons. The van der Waals surface area contributed by atoms with Crippen molar-refractivity contribution in [3.8, 4) is 22.8 Å². The second-order valence-electron chi connectivity index (χ2n) is 9.48. The summed E-state index contributed by atoms with van der Waals surface area (Å²) in [6.45, 7) is 6.23. The van der Waals surface area contributed by atoms with Gasteiger partial charge in [-0.15, -0.1) is 0 Å². The zero-order valence-corrected chi connectivity index (χ0v) is 19.7. The largest absolute Gasteiger partial charge is 0.507 e. The van der Waals surface area contributed by atoms with Gasteiger partial charge in [-0.2, -0.15) is 5.10 Å². The number of nitrogens with zero attached hydrogens (tertiary/aromatic N) is 2. The summed E-state index contributed by atoms with van der Waals surface area (Å²) in [6.07, 6.45) is 2.93. The fraction of sp³-hybridized carbons (Fsp3) is 0.407. The van der Waals surface area contributed by atoms with E-state index in [-0.39, 0.29) is 23.8 Å². The maximum Gasteiger partial charge on any atom is 0.273 e. The van der Waals surface area contributed by atoms with Crippen molar-refractivity contribution in [2.75, 3.05) is 19.8 Å². The van der Waals surface area contributed by atoms with E-state index in [0.717, 1.165) is 42.7 Å². The Hall–Kier alpha value is -3.32. The van der Waals surface area contributed by atoms with Crippen molar-refractivity contribution in [3.05, 3.63) is 65.4 Å². The minimum absolute atomic E-state index is 0.0162. The number of aromatic amines is 1. The average molecular weight is 462 g/mol. The number of phenolic OH excluding ortho intramolecular Hbond substituents is 1. The SMILES string of the molecule is CC(C)CCOc1cccc([C@H]2c3c(-c4ccccc4O)n[nH]c3C(=O)N2C[C@@H]2CCCO2)c1. The Morgan fingerprint density at radius 3 is 2.85 bits per heavy atom. The predicted molar refractivity (Wildman–Crippen MR) is 129 cm³/mol. The van der Waals surface area contributed by atoms with E-state index in [1.165, 1.54) is 0 Å². The van der Waals surface area contributed by atoms with E-state index in [9.17, 15) is 9.90 Å². The van der Waals surface area contributed by atoms with E-state index in [0.29, 0.717) is 36.0 Å². The summed E-state index contributed by atoms with van der Waals surface area (Å²) in [6, 6.07) is 14.7. The van der Waals surface area contributed by atoms with Gasteiger partial charge in [0, 0.05) is 24.3 Å². The second-order valence-corrected chi connectivity index (χ2v) is 9.48. The maximum atomic E-state index is 13.5. The Morgan fingerprint density at radius 1 is 1.24 bits per heavy atom. The van der Waals surface area contributed by atoms with Crippen LogP contribution in [-0.4, -0.2) is 52.0 Å². The molecule has 2 aliphatic rings. The Balaban J connectivity index is 1.55. The van der Waals surface area contributed by atoms with Gasteiger partial charge in [0.2, 0.25) is 0 Å². The van der Waals surface area contributed by atoms with Gasteiger partial charge in [-0.3, -0.25) is 9.89 Å². The molecule has 2 N–H and O–H groups in total. The average Bonchev–Trinajstić information content (AvgIpc) is 3.54. The molecule has 3 aromatic rings. The lowest BCUT2D eigenvalue weighted by Gasteiger charge is -2.28. The highest BCUT2D eigenvalue weighted by molar-refractivity contribution is 6.00. The summed E-state index contributed by atoms with van der Waals surface area (Å²) >= 11 is 0. The van der Waals surface area contributed by atoms with Crippen LogP contribution in [0.3, 0.4) is 0 Å². The van der Waals surface area contributed by atoms with Crippen LogP contribution in [0.2, 0.25) is 0 Å². The molecule has 34 heavy (non-hydrogen) atoms. The number of hydrogen-bond acceptors (Lipinski definition) is 5. The lowest BCUT2D eigenvalue weighted by molar-refractivity contribution is 0.0495. The van der Waals surface area contributed by atoms with Gasteiger partial charge in [0.1, 0.15) is 22.9 Å². The van der Waals surface area contributed by atoms with Crippen molar-refractivity contribution < 1.29 is 19.4 Å². The first-order chi connectivity index (χ1) is 16.5. The zero-order valence-electron chi connectivity index (χ0n) is 19.7. The van der Waals surface area contributed by atoms with Crippen LogP contribution in [0.25, 0.3) is 11.3 Å². The van der Waals surface area contributed by atoms with Crippen LogP contribution < -0.4 is 4.74 Å². The molecule has 0 unspecified atom stereocenters. The fourth-order valence-electron chi connectivity index (χ4n) is 4.81. The maximum absolute atomic E-state index is 13.5. The van der Waals surface area contributed by atoms with E-state index in [4.69, 9.17) is 9.47 Å². The molecule has 0 bridgehead atoms. The molecule has 1 amide bonds. The third-order valence-corrected chi connectivity index (χ3v) is 6.59. The van der Waals surface area contributed by atoms with Crippen molar-refractivity contribution in [3.63, 3.8) is 0 Å². The standard InChI is InChI=1S/C27H31N3O4/c1-17(2)12-14-34-19-8-5-7-18(15-19)26-23-24(21-10-3-4-11-22(21)31)28-29-25(23)27(32)30(26)16-20-9-6-13-33-20/h3-5,7-8,10-11,15,17,20,26,31H,6,9,12-14,16H2,1-2H3,(H,28,29)/t20-,26-/m0/s1. The Morgan fingerprint density at radius 2 is 2.09 bits per heavy atom. The van der Waals surface area contributed by atoms with Crippen LogP contribution in [0.15, 0.2) is 48.5 Å². The molecule has 0 spiro atoms. The minimum atomic E-state index is -0.353. The third kappa shape index (κ3) is 4.28. The third-order valence-electron chi connectivity index (χ3n) is 6.59. The van der Waals surface area contributed by atoms with Crippen molar-refractivity contribution in [1.29, 1.82) is 0 Å². The quantitative estimate of drug-likeness (QED) is 0.497. The second kappa shape index (κ2) is 9.50. The first-order valence-electron chi connectivity index (χ1n) is 12.0. The molecule has 0 radical (unpaired) electrons. The van der Waals surface area contributed by atoms with Crippen LogP contribution in [0.5, 0.6) is 11.5 Å². The number of hydrogen-bond donors (Lipinski definition) is 2. The van der Waals surface area contributed by atoms with Crippen LogP contribution in [-0.2, 0) is 4.74 Å². The first-order valence-corrected chi connectivity index (χ1v) is 12.0. The summed E-state index contributed by atoms with van der Waals surface area (Å²) in [5.74, 6) is 1.37. The Labute approximate surface area is 199 Å². The number of para-hydroxylation sites is 1. The molecule has 0 saturated carbocycles. The minimum Gasteiger partial charge on any atom is -0.507 e. The van der Waals surface area contributed by atoms with Gasteiger partial charge in [0.25, 0.3) is 5.91 Å². The smallest absolute Gasteiger partial charge is 0.273 e. The van der Waals surface area contributed by atoms with E-state index in [2.05, 4.69) is 24.0 Å². The summed E-state index contributed by atoms with van der Waals surface area (Å²) < 4.78 is 11.9. The molecule has 2 aromatic carbocycles. The van der Waals surface area contributed by atoms with Crippen molar-refractivity contribution in [2.45, 2.75) is 45.3 Å². The number of benzene rings is 2. The van der Waals surface area contributed by atoms with Gasteiger partial charge >= 0.3 is 0 Å². The highest BCUT2D eigenvalue weighted by atomic mass is 16.5. The molecule has 1 fully saturated rings. The number of carbonyl (C=O) groups is 1. The number of phenols is 1. The van der Waals surface area contributed by atoms with Crippen LogP contribution in [0.4, 0.5) is 0 Å². The summed E-state index contributed by atoms with van der Waals surface area (Å²) in [5, 5.41) is 17.9. The van der Waals surface area contributed by atoms with Gasteiger partial charge < -0.3 is 19.5 Å². The molecule has 2 aliphatic heterocycles. The van der Waals surface area contributed by atoms with Gasteiger partial charge in [-0.1, -0.05) is 38.1 Å².